The van der Waals surface area contributed by atoms with Crippen LogP contribution in [0.15, 0.2) is 18.5 Å². The molecule has 4 nitrogen and oxygen atoms in total. The molecule has 5 heteroatoms. The van der Waals surface area contributed by atoms with Crippen molar-refractivity contribution in [3.63, 3.8) is 0 Å². The molecule has 0 amide bonds. The van der Waals surface area contributed by atoms with Gasteiger partial charge in [0.25, 0.3) is 0 Å². The molecule has 0 bridgehead atoms. The predicted molar refractivity (Wildman–Crippen MR) is 70.0 cm³/mol. The fourth-order valence-electron chi connectivity index (χ4n) is 1.59. The van der Waals surface area contributed by atoms with Crippen LogP contribution in [0, 0.1) is 0 Å². The number of aryl methyl sites for hydroxylation is 2. The summed E-state index contributed by atoms with van der Waals surface area (Å²) in [4.78, 5) is 5.77. The number of hydrogen-bond acceptors (Lipinski definition) is 4. The Morgan fingerprint density at radius 1 is 1.53 bits per heavy atom. The topological polar surface area (TPSA) is 42.7 Å². The van der Waals surface area contributed by atoms with Gasteiger partial charge in [0.15, 0.2) is 0 Å². The van der Waals surface area contributed by atoms with Crippen molar-refractivity contribution < 1.29 is 0 Å². The lowest BCUT2D eigenvalue weighted by Gasteiger charge is -2.09. The van der Waals surface area contributed by atoms with Crippen LogP contribution in [0.25, 0.3) is 0 Å². The summed E-state index contributed by atoms with van der Waals surface area (Å²) in [5, 5.41) is 8.92. The summed E-state index contributed by atoms with van der Waals surface area (Å²) >= 11 is 1.78. The Bertz CT molecular complexity index is 474. The normalized spacial score (nSPS) is 12.9. The first-order valence-electron chi connectivity index (χ1n) is 5.85. The van der Waals surface area contributed by atoms with Crippen LogP contribution in [0.1, 0.15) is 35.5 Å². The van der Waals surface area contributed by atoms with E-state index >= 15 is 0 Å². The summed E-state index contributed by atoms with van der Waals surface area (Å²) in [5.74, 6) is 0. The number of rotatable bonds is 5. The lowest BCUT2D eigenvalue weighted by molar-refractivity contribution is 0.559. The Labute approximate surface area is 106 Å². The van der Waals surface area contributed by atoms with Crippen molar-refractivity contribution in [2.24, 2.45) is 7.05 Å². The van der Waals surface area contributed by atoms with Crippen molar-refractivity contribution in [1.82, 2.24) is 20.1 Å². The summed E-state index contributed by atoms with van der Waals surface area (Å²) in [5.41, 5.74) is 1.06. The van der Waals surface area contributed by atoms with Crippen LogP contribution in [0.2, 0.25) is 0 Å². The first-order chi connectivity index (χ1) is 8.19. The highest BCUT2D eigenvalue weighted by atomic mass is 32.1. The molecule has 0 spiro atoms. The lowest BCUT2D eigenvalue weighted by atomic mass is 10.3. The number of hydrogen-bond donors (Lipinski definition) is 1. The van der Waals surface area contributed by atoms with E-state index in [4.69, 9.17) is 0 Å². The van der Waals surface area contributed by atoms with E-state index in [9.17, 15) is 0 Å². The van der Waals surface area contributed by atoms with Crippen LogP contribution >= 0.6 is 11.3 Å². The highest BCUT2D eigenvalue weighted by Crippen LogP contribution is 2.20. The third-order valence-electron chi connectivity index (χ3n) is 2.65. The minimum absolute atomic E-state index is 0.280. The van der Waals surface area contributed by atoms with Crippen molar-refractivity contribution in [3.05, 3.63) is 34.0 Å². The molecule has 0 aromatic carbocycles. The fourth-order valence-corrected chi connectivity index (χ4v) is 2.47. The van der Waals surface area contributed by atoms with E-state index in [0.717, 1.165) is 23.7 Å². The van der Waals surface area contributed by atoms with E-state index in [-0.39, 0.29) is 6.04 Å². The van der Waals surface area contributed by atoms with E-state index in [1.807, 2.05) is 30.2 Å². The van der Waals surface area contributed by atoms with Crippen LogP contribution in [0.4, 0.5) is 0 Å². The van der Waals surface area contributed by atoms with E-state index in [2.05, 4.69) is 29.2 Å². The summed E-state index contributed by atoms with van der Waals surface area (Å²) < 4.78 is 1.82. The van der Waals surface area contributed by atoms with Crippen LogP contribution in [0.5, 0.6) is 0 Å². The zero-order chi connectivity index (χ0) is 12.3. The Balaban J connectivity index is 1.90. The highest BCUT2D eigenvalue weighted by molar-refractivity contribution is 7.11. The summed E-state index contributed by atoms with van der Waals surface area (Å²) in [6.45, 7) is 5.08. The number of nitrogens with zero attached hydrogens (tertiary/aromatic N) is 3. The Kier molecular flexibility index (Phi) is 3.91. The molecule has 17 heavy (non-hydrogen) atoms. The summed E-state index contributed by atoms with van der Waals surface area (Å²) in [6, 6.07) is 2.31. The Hall–Kier alpha value is -1.20. The first kappa shape index (κ1) is 12.3. The molecule has 0 aliphatic heterocycles. The largest absolute Gasteiger partial charge is 0.302 e. The van der Waals surface area contributed by atoms with Crippen molar-refractivity contribution in [2.75, 3.05) is 0 Å². The van der Waals surface area contributed by atoms with Crippen LogP contribution in [-0.4, -0.2) is 14.8 Å². The number of nitrogens with one attached hydrogen (secondary N) is 1. The predicted octanol–water partition coefficient (Wildman–Crippen LogP) is 2.29. The van der Waals surface area contributed by atoms with Gasteiger partial charge in [0.05, 0.1) is 11.7 Å². The maximum Gasteiger partial charge on any atom is 0.109 e. The standard InChI is InChI=1S/C12H18N4S/c1-4-11-8-14-12(17-11)9(2)13-7-10-5-6-16(3)15-10/h5-6,8-9,13H,4,7H2,1-3H3. The smallest absolute Gasteiger partial charge is 0.109 e. The molecule has 1 atom stereocenters. The average Bonchev–Trinajstić information content (AvgIpc) is 2.94. The summed E-state index contributed by atoms with van der Waals surface area (Å²) in [7, 11) is 1.93. The van der Waals surface area contributed by atoms with Gasteiger partial charge in [-0.05, 0) is 19.4 Å². The van der Waals surface area contributed by atoms with Crippen LogP contribution in [-0.2, 0) is 20.0 Å². The first-order valence-corrected chi connectivity index (χ1v) is 6.67. The van der Waals surface area contributed by atoms with Crippen molar-refractivity contribution in [3.8, 4) is 0 Å². The SMILES string of the molecule is CCc1cnc(C(C)NCc2ccn(C)n2)s1. The van der Waals surface area contributed by atoms with E-state index in [0.29, 0.717) is 0 Å². The Morgan fingerprint density at radius 2 is 2.35 bits per heavy atom. The zero-order valence-electron chi connectivity index (χ0n) is 10.5. The minimum Gasteiger partial charge on any atom is -0.302 e. The van der Waals surface area contributed by atoms with Gasteiger partial charge in [0.2, 0.25) is 0 Å². The van der Waals surface area contributed by atoms with Crippen molar-refractivity contribution in [1.29, 1.82) is 0 Å². The van der Waals surface area contributed by atoms with Gasteiger partial charge in [-0.25, -0.2) is 4.98 Å². The number of thiazole rings is 1. The molecule has 2 aromatic rings. The minimum atomic E-state index is 0.280. The monoisotopic (exact) mass is 250 g/mol. The van der Waals surface area contributed by atoms with Crippen molar-refractivity contribution in [2.45, 2.75) is 32.9 Å². The van der Waals surface area contributed by atoms with Gasteiger partial charge in [0.1, 0.15) is 5.01 Å². The second kappa shape index (κ2) is 5.42. The third-order valence-corrected chi connectivity index (χ3v) is 3.97. The van der Waals surface area contributed by atoms with E-state index in [1.54, 1.807) is 11.3 Å². The molecule has 1 N–H and O–H groups in total. The lowest BCUT2D eigenvalue weighted by Crippen LogP contribution is -2.18. The molecule has 1 unspecified atom stereocenters. The molecule has 2 heterocycles. The molecule has 0 saturated carbocycles. The fraction of sp³-hybridized carbons (Fsp3) is 0.500. The Morgan fingerprint density at radius 3 is 2.94 bits per heavy atom. The molecule has 0 aliphatic carbocycles. The molecule has 0 radical (unpaired) electrons. The van der Waals surface area contributed by atoms with Crippen LogP contribution in [0.3, 0.4) is 0 Å². The van der Waals surface area contributed by atoms with Crippen LogP contribution < -0.4 is 5.32 Å². The molecule has 0 aliphatic rings. The van der Waals surface area contributed by atoms with E-state index in [1.165, 1.54) is 4.88 Å². The molecule has 2 rings (SSSR count). The third kappa shape index (κ3) is 3.14. The second-order valence-electron chi connectivity index (χ2n) is 4.10. The number of aromatic nitrogens is 3. The quantitative estimate of drug-likeness (QED) is 0.885. The van der Waals surface area contributed by atoms with Gasteiger partial charge in [0, 0.05) is 30.9 Å². The molecule has 0 saturated heterocycles. The molecular weight excluding hydrogens is 232 g/mol. The second-order valence-corrected chi connectivity index (χ2v) is 5.25. The zero-order valence-corrected chi connectivity index (χ0v) is 11.3. The molecule has 92 valence electrons. The van der Waals surface area contributed by atoms with Gasteiger partial charge in [-0.1, -0.05) is 6.92 Å². The maximum absolute atomic E-state index is 4.43. The average molecular weight is 250 g/mol. The van der Waals surface area contributed by atoms with Gasteiger partial charge in [-0.2, -0.15) is 5.10 Å². The molecule has 2 aromatic heterocycles. The van der Waals surface area contributed by atoms with Gasteiger partial charge in [-0.15, -0.1) is 11.3 Å². The van der Waals surface area contributed by atoms with Gasteiger partial charge >= 0.3 is 0 Å². The maximum atomic E-state index is 4.43. The van der Waals surface area contributed by atoms with E-state index < -0.39 is 0 Å². The highest BCUT2D eigenvalue weighted by Gasteiger charge is 2.09. The van der Waals surface area contributed by atoms with Crippen molar-refractivity contribution >= 4 is 11.3 Å². The molecular formula is C12H18N4S. The van der Waals surface area contributed by atoms with Gasteiger partial charge in [-0.3, -0.25) is 4.68 Å². The summed E-state index contributed by atoms with van der Waals surface area (Å²) in [6.07, 6.45) is 4.99. The molecule has 0 fully saturated rings. The van der Waals surface area contributed by atoms with Gasteiger partial charge < -0.3 is 5.32 Å².